The fourth-order valence-corrected chi connectivity index (χ4v) is 2.22. The monoisotopic (exact) mass is 223 g/mol. The van der Waals surface area contributed by atoms with Gasteiger partial charge in [-0.15, -0.1) is 0 Å². The quantitative estimate of drug-likeness (QED) is 0.610. The Balaban J connectivity index is 2.24. The van der Waals surface area contributed by atoms with Crippen LogP contribution in [0.2, 0.25) is 0 Å². The van der Waals surface area contributed by atoms with Gasteiger partial charge in [0.05, 0.1) is 0 Å². The second-order valence-electron chi connectivity index (χ2n) is 3.95. The smallest absolute Gasteiger partial charge is 0.118 e. The highest BCUT2D eigenvalue weighted by molar-refractivity contribution is 6.24. The van der Waals surface area contributed by atoms with Gasteiger partial charge in [-0.1, -0.05) is 53.7 Å². The normalized spacial score (nSPS) is 11.9. The van der Waals surface area contributed by atoms with Crippen molar-refractivity contribution >= 4 is 5.71 Å². The molecule has 0 fully saturated rings. The average Bonchev–Trinajstić information content (AvgIpc) is 2.71. The van der Waals surface area contributed by atoms with Gasteiger partial charge in [0.1, 0.15) is 12.3 Å². The third-order valence-corrected chi connectivity index (χ3v) is 2.94. The molecule has 2 nitrogen and oxygen atoms in total. The van der Waals surface area contributed by atoms with Crippen LogP contribution >= 0.6 is 0 Å². The summed E-state index contributed by atoms with van der Waals surface area (Å²) in [4.78, 5) is 5.22. The van der Waals surface area contributed by atoms with Crippen molar-refractivity contribution in [2.45, 2.75) is 6.92 Å². The third-order valence-electron chi connectivity index (χ3n) is 2.94. The molecule has 0 radical (unpaired) electrons. The maximum atomic E-state index is 5.22. The van der Waals surface area contributed by atoms with Crippen molar-refractivity contribution in [2.75, 3.05) is 6.61 Å². The van der Waals surface area contributed by atoms with Crippen LogP contribution < -0.4 is 0 Å². The van der Waals surface area contributed by atoms with E-state index in [0.717, 1.165) is 16.8 Å². The predicted molar refractivity (Wildman–Crippen MR) is 69.1 cm³/mol. The SMILES string of the molecule is CCON=C1c2ccccc2-c2ccccc21. The number of nitrogens with zero attached hydrogens (tertiary/aromatic N) is 1. The summed E-state index contributed by atoms with van der Waals surface area (Å²) >= 11 is 0. The first-order chi connectivity index (χ1) is 8.42. The van der Waals surface area contributed by atoms with E-state index >= 15 is 0 Å². The molecule has 0 aliphatic heterocycles. The van der Waals surface area contributed by atoms with Gasteiger partial charge in [-0.3, -0.25) is 0 Å². The summed E-state index contributed by atoms with van der Waals surface area (Å²) in [5.74, 6) is 0. The molecule has 84 valence electrons. The Kier molecular flexibility index (Phi) is 2.41. The lowest BCUT2D eigenvalue weighted by atomic mass is 10.1. The molecule has 3 rings (SSSR count). The first kappa shape index (κ1) is 10.1. The largest absolute Gasteiger partial charge is 0.396 e. The van der Waals surface area contributed by atoms with Gasteiger partial charge in [0, 0.05) is 11.1 Å². The molecule has 1 aliphatic carbocycles. The fourth-order valence-electron chi connectivity index (χ4n) is 2.22. The summed E-state index contributed by atoms with van der Waals surface area (Å²) < 4.78 is 0. The van der Waals surface area contributed by atoms with Crippen molar-refractivity contribution in [1.29, 1.82) is 0 Å². The first-order valence-electron chi connectivity index (χ1n) is 5.81. The van der Waals surface area contributed by atoms with Gasteiger partial charge in [-0.2, -0.15) is 0 Å². The fraction of sp³-hybridized carbons (Fsp3) is 0.133. The van der Waals surface area contributed by atoms with Gasteiger partial charge in [0.2, 0.25) is 0 Å². The number of fused-ring (bicyclic) bond motifs is 3. The predicted octanol–water partition coefficient (Wildman–Crippen LogP) is 3.46. The maximum absolute atomic E-state index is 5.22. The zero-order chi connectivity index (χ0) is 11.7. The van der Waals surface area contributed by atoms with E-state index < -0.39 is 0 Å². The number of oxime groups is 1. The van der Waals surface area contributed by atoms with E-state index in [-0.39, 0.29) is 0 Å². The van der Waals surface area contributed by atoms with Gasteiger partial charge in [0.25, 0.3) is 0 Å². The van der Waals surface area contributed by atoms with Gasteiger partial charge in [-0.05, 0) is 18.1 Å². The van der Waals surface area contributed by atoms with Gasteiger partial charge in [0.15, 0.2) is 0 Å². The minimum Gasteiger partial charge on any atom is -0.396 e. The highest BCUT2D eigenvalue weighted by Crippen LogP contribution is 2.36. The number of hydrogen-bond donors (Lipinski definition) is 0. The zero-order valence-corrected chi connectivity index (χ0v) is 9.68. The summed E-state index contributed by atoms with van der Waals surface area (Å²) in [6, 6.07) is 16.6. The second-order valence-corrected chi connectivity index (χ2v) is 3.95. The molecule has 2 aromatic carbocycles. The second kappa shape index (κ2) is 4.06. The molecule has 0 spiro atoms. The van der Waals surface area contributed by atoms with Crippen LogP contribution in [0.5, 0.6) is 0 Å². The topological polar surface area (TPSA) is 21.6 Å². The minimum absolute atomic E-state index is 0.591. The van der Waals surface area contributed by atoms with E-state index in [1.807, 2.05) is 19.1 Å². The summed E-state index contributed by atoms with van der Waals surface area (Å²) in [5, 5.41) is 4.24. The first-order valence-corrected chi connectivity index (χ1v) is 5.81. The van der Waals surface area contributed by atoms with Crippen LogP contribution in [0, 0.1) is 0 Å². The minimum atomic E-state index is 0.591. The molecule has 2 heteroatoms. The molecular weight excluding hydrogens is 210 g/mol. The Morgan fingerprint density at radius 3 is 1.76 bits per heavy atom. The molecule has 2 aromatic rings. The van der Waals surface area contributed by atoms with Gasteiger partial charge in [-0.25, -0.2) is 0 Å². The standard InChI is InChI=1S/C15H13NO/c1-2-17-16-15-13-9-5-3-7-11(13)12-8-4-6-10-14(12)15/h3-10H,2H2,1H3. The zero-order valence-electron chi connectivity index (χ0n) is 9.68. The molecule has 0 amide bonds. The molecule has 0 aromatic heterocycles. The van der Waals surface area contributed by atoms with Crippen LogP contribution in [0.1, 0.15) is 18.1 Å². The molecule has 17 heavy (non-hydrogen) atoms. The van der Waals surface area contributed by atoms with Crippen LogP contribution in [0.4, 0.5) is 0 Å². The third kappa shape index (κ3) is 1.53. The van der Waals surface area contributed by atoms with Crippen LogP contribution in [0.15, 0.2) is 53.7 Å². The van der Waals surface area contributed by atoms with Crippen molar-refractivity contribution in [1.82, 2.24) is 0 Å². The number of benzene rings is 2. The van der Waals surface area contributed by atoms with Crippen LogP contribution in [0.25, 0.3) is 11.1 Å². The molecule has 0 heterocycles. The summed E-state index contributed by atoms with van der Waals surface area (Å²) in [5.41, 5.74) is 5.73. The molecule has 0 saturated heterocycles. The summed E-state index contributed by atoms with van der Waals surface area (Å²) in [6.07, 6.45) is 0. The molecule has 0 bridgehead atoms. The Bertz CT molecular complexity index is 539. The van der Waals surface area contributed by atoms with Crippen molar-refractivity contribution in [2.24, 2.45) is 5.16 Å². The van der Waals surface area contributed by atoms with E-state index in [9.17, 15) is 0 Å². The van der Waals surface area contributed by atoms with Crippen molar-refractivity contribution < 1.29 is 4.84 Å². The van der Waals surface area contributed by atoms with E-state index in [2.05, 4.69) is 41.6 Å². The Morgan fingerprint density at radius 2 is 1.29 bits per heavy atom. The molecule has 0 N–H and O–H groups in total. The lowest BCUT2D eigenvalue weighted by Crippen LogP contribution is -1.99. The van der Waals surface area contributed by atoms with Crippen molar-refractivity contribution in [3.05, 3.63) is 59.7 Å². The van der Waals surface area contributed by atoms with Crippen molar-refractivity contribution in [3.63, 3.8) is 0 Å². The highest BCUT2D eigenvalue weighted by Gasteiger charge is 2.24. The lowest BCUT2D eigenvalue weighted by molar-refractivity contribution is 0.159. The average molecular weight is 223 g/mol. The molecular formula is C15H13NO. The lowest BCUT2D eigenvalue weighted by Gasteiger charge is -2.00. The van der Waals surface area contributed by atoms with E-state index in [1.54, 1.807) is 0 Å². The molecule has 1 aliphatic rings. The molecule has 0 saturated carbocycles. The summed E-state index contributed by atoms with van der Waals surface area (Å²) in [7, 11) is 0. The number of rotatable bonds is 2. The van der Waals surface area contributed by atoms with Crippen LogP contribution in [-0.4, -0.2) is 12.3 Å². The Morgan fingerprint density at radius 1 is 0.824 bits per heavy atom. The van der Waals surface area contributed by atoms with E-state index in [0.29, 0.717) is 6.61 Å². The number of hydrogen-bond acceptors (Lipinski definition) is 2. The maximum Gasteiger partial charge on any atom is 0.118 e. The Labute approximate surface area is 101 Å². The van der Waals surface area contributed by atoms with Crippen molar-refractivity contribution in [3.8, 4) is 11.1 Å². The molecule has 0 unspecified atom stereocenters. The van der Waals surface area contributed by atoms with Crippen LogP contribution in [0.3, 0.4) is 0 Å². The summed E-state index contributed by atoms with van der Waals surface area (Å²) in [6.45, 7) is 2.53. The van der Waals surface area contributed by atoms with Gasteiger partial charge < -0.3 is 4.84 Å². The van der Waals surface area contributed by atoms with E-state index in [1.165, 1.54) is 11.1 Å². The highest BCUT2D eigenvalue weighted by atomic mass is 16.6. The van der Waals surface area contributed by atoms with E-state index in [4.69, 9.17) is 4.84 Å². The Hall–Kier alpha value is -2.09. The molecule has 0 atom stereocenters. The van der Waals surface area contributed by atoms with Gasteiger partial charge >= 0.3 is 0 Å². The van der Waals surface area contributed by atoms with Crippen LogP contribution in [-0.2, 0) is 4.84 Å².